The molecule has 0 unspecified atom stereocenters. The molecule has 2 aliphatic rings. The van der Waals surface area contributed by atoms with Crippen LogP contribution in [0.1, 0.15) is 66.1 Å². The standard InChI is InChI=1S/C30H28F6N4O4S/c1-37-29(41)17-8-10-21(20(31)13-17)39(15-19-9-7-18(14-38-19)16-5-3-2-4-6-16)30(42)22-11-12-40(22)45(43,44)28-26(35)24(33)23(32)25(34)27(28)36/h7-10,13-14,16,22H,2-6,11-12,15H2,1H3,(H,37,41)/t22-/m1/s1. The summed E-state index contributed by atoms with van der Waals surface area (Å²) in [6.07, 6.45) is 6.80. The number of halogens is 6. The Morgan fingerprint density at radius 3 is 2.09 bits per heavy atom. The maximum Gasteiger partial charge on any atom is 0.251 e. The van der Waals surface area contributed by atoms with Gasteiger partial charge in [0.05, 0.1) is 17.9 Å². The highest BCUT2D eigenvalue weighted by atomic mass is 32.2. The first-order valence-electron chi connectivity index (χ1n) is 14.2. The molecule has 1 saturated carbocycles. The van der Waals surface area contributed by atoms with Gasteiger partial charge in [-0.2, -0.15) is 4.31 Å². The highest BCUT2D eigenvalue weighted by molar-refractivity contribution is 7.89. The van der Waals surface area contributed by atoms with E-state index in [9.17, 15) is 40.0 Å². The van der Waals surface area contributed by atoms with Gasteiger partial charge in [-0.25, -0.2) is 34.8 Å². The third-order valence-electron chi connectivity index (χ3n) is 8.23. The molecule has 3 aromatic rings. The van der Waals surface area contributed by atoms with E-state index in [2.05, 4.69) is 10.3 Å². The fraction of sp³-hybridized carbons (Fsp3) is 0.367. The molecule has 5 rings (SSSR count). The Balaban J connectivity index is 1.49. The van der Waals surface area contributed by atoms with Crippen LogP contribution in [0.25, 0.3) is 0 Å². The number of rotatable bonds is 8. The van der Waals surface area contributed by atoms with Crippen LogP contribution < -0.4 is 10.2 Å². The minimum absolute atomic E-state index is 0.0692. The van der Waals surface area contributed by atoms with Crippen LogP contribution in [-0.2, 0) is 21.4 Å². The van der Waals surface area contributed by atoms with Gasteiger partial charge in [0.15, 0.2) is 28.2 Å². The van der Waals surface area contributed by atoms with Crippen molar-refractivity contribution in [3.63, 3.8) is 0 Å². The lowest BCUT2D eigenvalue weighted by Crippen LogP contribution is -2.59. The first kappa shape index (κ1) is 32.4. The molecule has 1 aliphatic heterocycles. The van der Waals surface area contributed by atoms with Gasteiger partial charge in [0.1, 0.15) is 11.9 Å². The fourth-order valence-corrected chi connectivity index (χ4v) is 7.41. The largest absolute Gasteiger partial charge is 0.355 e. The fourth-order valence-electron chi connectivity index (χ4n) is 5.67. The molecule has 2 amide bonds. The molecule has 8 nitrogen and oxygen atoms in total. The van der Waals surface area contributed by atoms with Gasteiger partial charge >= 0.3 is 0 Å². The SMILES string of the molecule is CNC(=O)c1ccc(N(Cc2ccc(C3CCCCC3)cn2)C(=O)[C@H]2CCN2S(=O)(=O)c2c(F)c(F)c(F)c(F)c2F)c(F)c1. The molecule has 2 aromatic carbocycles. The minimum atomic E-state index is -5.43. The Labute approximate surface area is 255 Å². The van der Waals surface area contributed by atoms with Crippen molar-refractivity contribution in [1.29, 1.82) is 0 Å². The molecule has 45 heavy (non-hydrogen) atoms. The average molecular weight is 655 g/mol. The van der Waals surface area contributed by atoms with Crippen LogP contribution in [0.2, 0.25) is 0 Å². The molecule has 1 aromatic heterocycles. The van der Waals surface area contributed by atoms with E-state index in [1.165, 1.54) is 13.1 Å². The predicted octanol–water partition coefficient (Wildman–Crippen LogP) is 5.32. The number of hydrogen-bond acceptors (Lipinski definition) is 5. The maximum atomic E-state index is 15.4. The zero-order chi connectivity index (χ0) is 32.6. The quantitative estimate of drug-likeness (QED) is 0.202. The smallest absolute Gasteiger partial charge is 0.251 e. The summed E-state index contributed by atoms with van der Waals surface area (Å²) in [5.41, 5.74) is 0.870. The summed E-state index contributed by atoms with van der Waals surface area (Å²) in [7, 11) is -4.09. The van der Waals surface area contributed by atoms with E-state index >= 15 is 4.39 Å². The van der Waals surface area contributed by atoms with Gasteiger partial charge in [0, 0.05) is 25.4 Å². The highest BCUT2D eigenvalue weighted by Crippen LogP contribution is 2.36. The minimum Gasteiger partial charge on any atom is -0.355 e. The molecule has 0 spiro atoms. The van der Waals surface area contributed by atoms with Gasteiger partial charge in [0.2, 0.25) is 21.7 Å². The monoisotopic (exact) mass is 654 g/mol. The lowest BCUT2D eigenvalue weighted by molar-refractivity contribution is -0.125. The van der Waals surface area contributed by atoms with Crippen molar-refractivity contribution in [3.8, 4) is 0 Å². The average Bonchev–Trinajstić information content (AvgIpc) is 3.01. The van der Waals surface area contributed by atoms with Crippen LogP contribution in [0.15, 0.2) is 41.4 Å². The summed E-state index contributed by atoms with van der Waals surface area (Å²) >= 11 is 0. The zero-order valence-corrected chi connectivity index (χ0v) is 24.7. The van der Waals surface area contributed by atoms with Crippen molar-refractivity contribution >= 4 is 27.5 Å². The Bertz CT molecular complexity index is 1720. The second kappa shape index (κ2) is 12.8. The molecule has 0 bridgehead atoms. The van der Waals surface area contributed by atoms with E-state index in [-0.39, 0.29) is 24.2 Å². The molecule has 240 valence electrons. The highest BCUT2D eigenvalue weighted by Gasteiger charge is 2.48. The first-order chi connectivity index (χ1) is 21.4. The number of anilines is 1. The van der Waals surface area contributed by atoms with Crippen LogP contribution in [0, 0.1) is 34.9 Å². The third kappa shape index (κ3) is 6.02. The topological polar surface area (TPSA) is 99.7 Å². The van der Waals surface area contributed by atoms with E-state index in [4.69, 9.17) is 0 Å². The number of pyridine rings is 1. The van der Waals surface area contributed by atoms with E-state index in [1.54, 1.807) is 12.3 Å². The van der Waals surface area contributed by atoms with Crippen molar-refractivity contribution in [2.75, 3.05) is 18.5 Å². The van der Waals surface area contributed by atoms with E-state index in [1.807, 2.05) is 6.07 Å². The molecular weight excluding hydrogens is 626 g/mol. The number of nitrogens with zero attached hydrogens (tertiary/aromatic N) is 3. The molecule has 1 aliphatic carbocycles. The number of nitrogens with one attached hydrogen (secondary N) is 1. The number of benzene rings is 2. The number of carbonyl (C=O) groups is 2. The Kier molecular flexibility index (Phi) is 9.21. The third-order valence-corrected chi connectivity index (χ3v) is 10.2. The number of amides is 2. The van der Waals surface area contributed by atoms with E-state index in [0.29, 0.717) is 15.9 Å². The van der Waals surface area contributed by atoms with Gasteiger partial charge in [0.25, 0.3) is 5.91 Å². The van der Waals surface area contributed by atoms with Gasteiger partial charge in [-0.15, -0.1) is 0 Å². The zero-order valence-electron chi connectivity index (χ0n) is 23.9. The number of carbonyl (C=O) groups excluding carboxylic acids is 2. The number of aromatic nitrogens is 1. The first-order valence-corrected chi connectivity index (χ1v) is 15.6. The summed E-state index contributed by atoms with van der Waals surface area (Å²) in [4.78, 5) is 29.1. The van der Waals surface area contributed by atoms with Crippen LogP contribution in [0.3, 0.4) is 0 Å². The second-order valence-electron chi connectivity index (χ2n) is 10.9. The van der Waals surface area contributed by atoms with E-state index in [0.717, 1.165) is 54.7 Å². The van der Waals surface area contributed by atoms with Crippen molar-refractivity contribution in [2.24, 2.45) is 0 Å². The lowest BCUT2D eigenvalue weighted by Gasteiger charge is -2.41. The second-order valence-corrected chi connectivity index (χ2v) is 12.7. The van der Waals surface area contributed by atoms with Crippen LogP contribution in [0.4, 0.5) is 32.0 Å². The molecule has 15 heteroatoms. The van der Waals surface area contributed by atoms with Crippen LogP contribution >= 0.6 is 0 Å². The van der Waals surface area contributed by atoms with Crippen LogP contribution in [0.5, 0.6) is 0 Å². The Morgan fingerprint density at radius 1 is 0.911 bits per heavy atom. The maximum absolute atomic E-state index is 15.4. The van der Waals surface area contributed by atoms with Crippen LogP contribution in [-0.4, -0.2) is 49.2 Å². The Morgan fingerprint density at radius 2 is 1.56 bits per heavy atom. The van der Waals surface area contributed by atoms with Gasteiger partial charge < -0.3 is 10.2 Å². The molecule has 1 atom stereocenters. The molecule has 2 heterocycles. The predicted molar refractivity (Wildman–Crippen MR) is 150 cm³/mol. The molecule has 1 saturated heterocycles. The molecule has 2 fully saturated rings. The lowest BCUT2D eigenvalue weighted by atomic mass is 9.85. The Hall–Kier alpha value is -3.98. The summed E-state index contributed by atoms with van der Waals surface area (Å²) < 4.78 is 112. The van der Waals surface area contributed by atoms with Crippen molar-refractivity contribution in [3.05, 3.63) is 88.3 Å². The molecular formula is C30H28F6N4O4S. The normalized spacial score (nSPS) is 17.5. The summed E-state index contributed by atoms with van der Waals surface area (Å²) in [6.45, 7) is -0.856. The summed E-state index contributed by atoms with van der Waals surface area (Å²) in [5, 5.41) is 2.34. The summed E-state index contributed by atoms with van der Waals surface area (Å²) in [6, 6.07) is 5.06. The van der Waals surface area contributed by atoms with Gasteiger partial charge in [-0.3, -0.25) is 14.6 Å². The molecule has 1 N–H and O–H groups in total. The van der Waals surface area contributed by atoms with Crippen molar-refractivity contribution in [2.45, 2.75) is 61.9 Å². The summed E-state index contributed by atoms with van der Waals surface area (Å²) in [5.74, 6) is -14.9. The number of hydrogen-bond donors (Lipinski definition) is 1. The van der Waals surface area contributed by atoms with Gasteiger partial charge in [-0.1, -0.05) is 25.3 Å². The van der Waals surface area contributed by atoms with E-state index < -0.39 is 74.2 Å². The number of sulfonamides is 1. The van der Waals surface area contributed by atoms with Crippen molar-refractivity contribution < 1.29 is 44.3 Å². The molecule has 0 radical (unpaired) electrons. The van der Waals surface area contributed by atoms with Gasteiger partial charge in [-0.05, 0) is 55.0 Å². The van der Waals surface area contributed by atoms with Crippen molar-refractivity contribution in [1.82, 2.24) is 14.6 Å².